The fraction of sp³-hybridized carbons (Fsp3) is 0.941. The van der Waals surface area contributed by atoms with Crippen LogP contribution in [0.15, 0.2) is 0 Å². The lowest BCUT2D eigenvalue weighted by molar-refractivity contribution is -0.234. The number of aliphatic hydroxyl groups excluding tert-OH is 1. The quantitative estimate of drug-likeness (QED) is 0.616. The Hall–Kier alpha value is -0.585. The fourth-order valence-electron chi connectivity index (χ4n) is 4.44. The Kier molecular flexibility index (Phi) is 5.49. The van der Waals surface area contributed by atoms with Gasteiger partial charge in [-0.2, -0.15) is 0 Å². The topological polar surface area (TPSA) is 84.6 Å². The minimum atomic E-state index is -0.582. The second kappa shape index (κ2) is 6.73. The van der Waals surface area contributed by atoms with Gasteiger partial charge in [0.25, 0.3) is 0 Å². The van der Waals surface area contributed by atoms with Gasteiger partial charge in [0.2, 0.25) is 5.91 Å². The molecule has 3 saturated carbocycles. The summed E-state index contributed by atoms with van der Waals surface area (Å²) in [6.07, 6.45) is 2.23. The van der Waals surface area contributed by atoms with Crippen molar-refractivity contribution in [2.45, 2.75) is 71.5 Å². The highest BCUT2D eigenvalue weighted by Crippen LogP contribution is 2.63. The molecule has 1 radical (unpaired) electrons. The highest BCUT2D eigenvalue weighted by atomic mass is 16.5. The molecule has 0 aromatic heterocycles. The van der Waals surface area contributed by atoms with Crippen LogP contribution in [0.25, 0.3) is 0 Å². The van der Waals surface area contributed by atoms with Crippen LogP contribution in [-0.4, -0.2) is 42.7 Å². The molecular weight excluding hydrogens is 291 g/mol. The number of fused-ring (bicyclic) bond motifs is 2. The number of amides is 1. The third-order valence-electron chi connectivity index (χ3n) is 6.08. The first-order valence-electron chi connectivity index (χ1n) is 8.79. The Morgan fingerprint density at radius 1 is 1.39 bits per heavy atom. The van der Waals surface area contributed by atoms with Crippen LogP contribution in [0.4, 0.5) is 0 Å². The molecule has 0 aliphatic heterocycles. The van der Waals surface area contributed by atoms with Crippen molar-refractivity contribution in [1.29, 1.82) is 0 Å². The van der Waals surface area contributed by atoms with Crippen LogP contribution in [-0.2, 0) is 9.45 Å². The SMILES string of the molecule is CC(C)CC([B]OC1(C)C(O)CC2CC1C2(C)C)NC(=O)CN. The van der Waals surface area contributed by atoms with Gasteiger partial charge >= 0.3 is 7.48 Å². The van der Waals surface area contributed by atoms with Crippen LogP contribution in [0.2, 0.25) is 0 Å². The molecule has 2 bridgehead atoms. The van der Waals surface area contributed by atoms with Gasteiger partial charge in [0.1, 0.15) is 0 Å². The zero-order valence-corrected chi connectivity index (χ0v) is 15.1. The average Bonchev–Trinajstić information content (AvgIpc) is 2.46. The van der Waals surface area contributed by atoms with E-state index in [1.54, 1.807) is 7.48 Å². The van der Waals surface area contributed by atoms with Crippen LogP contribution < -0.4 is 11.1 Å². The smallest absolute Gasteiger partial charge is 0.317 e. The first-order chi connectivity index (χ1) is 10.6. The third kappa shape index (κ3) is 3.59. The molecule has 3 rings (SSSR count). The van der Waals surface area contributed by atoms with Crippen molar-refractivity contribution < 1.29 is 14.6 Å². The highest BCUT2D eigenvalue weighted by molar-refractivity contribution is 6.30. The maximum absolute atomic E-state index is 11.6. The molecule has 131 valence electrons. The largest absolute Gasteiger partial charge is 0.430 e. The number of rotatable bonds is 7. The van der Waals surface area contributed by atoms with Gasteiger partial charge in [0, 0.05) is 5.94 Å². The van der Waals surface area contributed by atoms with Crippen molar-refractivity contribution in [1.82, 2.24) is 5.32 Å². The second-order valence-electron chi connectivity index (χ2n) is 8.50. The Balaban J connectivity index is 2.01. The lowest BCUT2D eigenvalue weighted by Gasteiger charge is -2.66. The molecule has 0 aromatic carbocycles. The summed E-state index contributed by atoms with van der Waals surface area (Å²) in [6, 6.07) is 0. The summed E-state index contributed by atoms with van der Waals surface area (Å²) in [6.45, 7) is 10.7. The molecule has 0 heterocycles. The predicted octanol–water partition coefficient (Wildman–Crippen LogP) is 1.25. The zero-order chi connectivity index (χ0) is 17.4. The number of nitrogens with two attached hydrogens (primary N) is 1. The van der Waals surface area contributed by atoms with Crippen molar-refractivity contribution in [2.24, 2.45) is 28.9 Å². The Labute approximate surface area is 141 Å². The lowest BCUT2D eigenvalue weighted by atomic mass is 9.43. The molecule has 1 amide bonds. The van der Waals surface area contributed by atoms with Crippen molar-refractivity contribution in [3.63, 3.8) is 0 Å². The zero-order valence-electron chi connectivity index (χ0n) is 15.1. The molecule has 23 heavy (non-hydrogen) atoms. The number of hydrogen-bond acceptors (Lipinski definition) is 4. The minimum absolute atomic E-state index is 0.0281. The van der Waals surface area contributed by atoms with Gasteiger partial charge in [-0.1, -0.05) is 27.7 Å². The lowest BCUT2D eigenvalue weighted by Crippen LogP contribution is -2.68. The van der Waals surface area contributed by atoms with Crippen molar-refractivity contribution >= 4 is 13.4 Å². The highest BCUT2D eigenvalue weighted by Gasteiger charge is 2.63. The molecule has 0 saturated heterocycles. The average molecular weight is 323 g/mol. The van der Waals surface area contributed by atoms with Crippen molar-refractivity contribution in [3.05, 3.63) is 0 Å². The molecule has 0 aromatic rings. The van der Waals surface area contributed by atoms with Gasteiger partial charge in [0.05, 0.1) is 18.2 Å². The Morgan fingerprint density at radius 2 is 2.04 bits per heavy atom. The van der Waals surface area contributed by atoms with Gasteiger partial charge < -0.3 is 20.8 Å². The number of hydrogen-bond donors (Lipinski definition) is 3. The second-order valence-corrected chi connectivity index (χ2v) is 8.50. The van der Waals surface area contributed by atoms with Crippen molar-refractivity contribution in [2.75, 3.05) is 6.54 Å². The Morgan fingerprint density at radius 3 is 2.57 bits per heavy atom. The summed E-state index contributed by atoms with van der Waals surface area (Å²) in [5, 5.41) is 13.4. The van der Waals surface area contributed by atoms with Crippen molar-refractivity contribution in [3.8, 4) is 0 Å². The number of aliphatic hydroxyl groups is 1. The van der Waals surface area contributed by atoms with E-state index in [9.17, 15) is 9.90 Å². The molecule has 5 unspecified atom stereocenters. The fourth-order valence-corrected chi connectivity index (χ4v) is 4.44. The number of carbonyl (C=O) groups is 1. The first kappa shape index (κ1) is 18.7. The van der Waals surface area contributed by atoms with E-state index in [2.05, 4.69) is 33.0 Å². The monoisotopic (exact) mass is 323 g/mol. The maximum Gasteiger partial charge on any atom is 0.317 e. The predicted molar refractivity (Wildman–Crippen MR) is 91.7 cm³/mol. The van der Waals surface area contributed by atoms with E-state index < -0.39 is 11.7 Å². The summed E-state index contributed by atoms with van der Waals surface area (Å²) in [5.74, 6) is 0.976. The van der Waals surface area contributed by atoms with Crippen LogP contribution in [0.3, 0.4) is 0 Å². The van der Waals surface area contributed by atoms with E-state index in [1.807, 2.05) is 6.92 Å². The van der Waals surface area contributed by atoms with Crippen LogP contribution >= 0.6 is 0 Å². The third-order valence-corrected chi connectivity index (χ3v) is 6.08. The van der Waals surface area contributed by atoms with E-state index in [0.717, 1.165) is 19.3 Å². The van der Waals surface area contributed by atoms with E-state index in [4.69, 9.17) is 10.4 Å². The van der Waals surface area contributed by atoms with Crippen LogP contribution in [0.5, 0.6) is 0 Å². The normalized spacial score (nSPS) is 36.3. The number of nitrogens with one attached hydrogen (secondary N) is 1. The van der Waals surface area contributed by atoms with E-state index in [1.165, 1.54) is 0 Å². The first-order valence-corrected chi connectivity index (χ1v) is 8.79. The van der Waals surface area contributed by atoms with Gasteiger partial charge in [0.15, 0.2) is 0 Å². The van der Waals surface area contributed by atoms with Gasteiger partial charge in [-0.05, 0) is 49.4 Å². The van der Waals surface area contributed by atoms with Crippen LogP contribution in [0.1, 0.15) is 53.9 Å². The molecule has 3 aliphatic carbocycles. The van der Waals surface area contributed by atoms with Crippen LogP contribution in [0, 0.1) is 23.2 Å². The number of carbonyl (C=O) groups excluding carboxylic acids is 1. The summed E-state index contributed by atoms with van der Waals surface area (Å²) in [7, 11) is 1.71. The molecular formula is C17H32BN2O3. The van der Waals surface area contributed by atoms with E-state index >= 15 is 0 Å². The van der Waals surface area contributed by atoms with Gasteiger partial charge in [-0.15, -0.1) is 0 Å². The van der Waals surface area contributed by atoms with Gasteiger partial charge in [-0.25, -0.2) is 0 Å². The minimum Gasteiger partial charge on any atom is -0.430 e. The molecule has 4 N–H and O–H groups in total. The summed E-state index contributed by atoms with van der Waals surface area (Å²) in [4.78, 5) is 11.6. The molecule has 3 fully saturated rings. The standard InChI is InChI=1S/C17H32BN2O3/c1-10(2)6-14(20-15(22)9-19)18-23-17(5)12-7-11(8-13(17)21)16(12,3)4/h10-14,21H,6-9,19H2,1-5H3,(H,20,22). The molecule has 0 spiro atoms. The molecule has 5 nitrogen and oxygen atoms in total. The molecule has 5 atom stereocenters. The summed E-state index contributed by atoms with van der Waals surface area (Å²) < 4.78 is 6.15. The molecule has 3 aliphatic rings. The maximum atomic E-state index is 11.6. The summed E-state index contributed by atoms with van der Waals surface area (Å²) in [5.41, 5.74) is 5.02. The Bertz CT molecular complexity index is 444. The van der Waals surface area contributed by atoms with E-state index in [0.29, 0.717) is 17.8 Å². The molecule has 6 heteroatoms. The van der Waals surface area contributed by atoms with E-state index in [-0.39, 0.29) is 23.8 Å². The van der Waals surface area contributed by atoms with Gasteiger partial charge in [-0.3, -0.25) is 4.79 Å². The summed E-state index contributed by atoms with van der Waals surface area (Å²) >= 11 is 0.